The number of hydrogen-bond donors (Lipinski definition) is 1. The fourth-order valence-corrected chi connectivity index (χ4v) is 3.28. The summed E-state index contributed by atoms with van der Waals surface area (Å²) in [6.45, 7) is 3.17. The molecule has 5 heteroatoms. The Labute approximate surface area is 129 Å². The van der Waals surface area contributed by atoms with Crippen molar-refractivity contribution in [2.45, 2.75) is 25.4 Å². The molecule has 0 aromatic heterocycles. The lowest BCUT2D eigenvalue weighted by Crippen LogP contribution is -2.44. The molecule has 1 aromatic rings. The molecule has 112 valence electrons. The van der Waals surface area contributed by atoms with Crippen LogP contribution in [0.3, 0.4) is 0 Å². The summed E-state index contributed by atoms with van der Waals surface area (Å²) in [6, 6.07) is 4.46. The van der Waals surface area contributed by atoms with Crippen molar-refractivity contribution in [2.24, 2.45) is 0 Å². The summed E-state index contributed by atoms with van der Waals surface area (Å²) in [5, 5.41) is 9.85. The highest BCUT2D eigenvalue weighted by molar-refractivity contribution is 9.10. The molecule has 0 bridgehead atoms. The van der Waals surface area contributed by atoms with Crippen molar-refractivity contribution in [2.75, 3.05) is 34.3 Å². The molecule has 1 aromatic carbocycles. The molecule has 20 heavy (non-hydrogen) atoms. The van der Waals surface area contributed by atoms with Gasteiger partial charge in [-0.05, 0) is 67.1 Å². The van der Waals surface area contributed by atoms with Gasteiger partial charge in [0, 0.05) is 19.1 Å². The van der Waals surface area contributed by atoms with Crippen LogP contribution in [-0.2, 0) is 6.54 Å². The molecule has 0 spiro atoms. The van der Waals surface area contributed by atoms with Gasteiger partial charge in [0.25, 0.3) is 0 Å². The largest absolute Gasteiger partial charge is 0.503 e. The van der Waals surface area contributed by atoms with E-state index in [1.165, 1.54) is 19.4 Å². The third-order valence-electron chi connectivity index (χ3n) is 3.96. The van der Waals surface area contributed by atoms with Gasteiger partial charge in [0.1, 0.15) is 0 Å². The third kappa shape index (κ3) is 3.65. The number of ether oxygens (including phenoxy) is 1. The summed E-state index contributed by atoms with van der Waals surface area (Å²) in [4.78, 5) is 4.77. The minimum Gasteiger partial charge on any atom is -0.503 e. The van der Waals surface area contributed by atoms with E-state index in [-0.39, 0.29) is 5.75 Å². The molecule has 0 amide bonds. The van der Waals surface area contributed by atoms with E-state index in [1.54, 1.807) is 7.11 Å². The molecule has 1 unspecified atom stereocenters. The molecular weight excluding hydrogens is 320 g/mol. The standard InChI is InChI=1S/C15H23BrN2O2/c1-17-6-4-5-12(10-17)18(2)9-11-7-13(16)15(19)14(8-11)20-3/h7-8,12,19H,4-6,9-10H2,1-3H3. The molecule has 1 atom stereocenters. The number of benzene rings is 1. The Hall–Kier alpha value is -0.780. The minimum absolute atomic E-state index is 0.163. The van der Waals surface area contributed by atoms with E-state index in [0.29, 0.717) is 16.3 Å². The quantitative estimate of drug-likeness (QED) is 0.912. The average Bonchev–Trinajstić information content (AvgIpc) is 2.42. The number of phenolic OH excluding ortho intramolecular Hbond substituents is 1. The van der Waals surface area contributed by atoms with Crippen LogP contribution in [-0.4, -0.2) is 55.2 Å². The van der Waals surface area contributed by atoms with Crippen LogP contribution in [0.4, 0.5) is 0 Å². The first kappa shape index (κ1) is 15.6. The zero-order valence-corrected chi connectivity index (χ0v) is 14.0. The maximum atomic E-state index is 9.85. The van der Waals surface area contributed by atoms with E-state index < -0.39 is 0 Å². The topological polar surface area (TPSA) is 35.9 Å². The molecule has 1 heterocycles. The van der Waals surface area contributed by atoms with E-state index in [0.717, 1.165) is 18.7 Å². The second-order valence-electron chi connectivity index (χ2n) is 5.60. The third-order valence-corrected chi connectivity index (χ3v) is 4.57. The van der Waals surface area contributed by atoms with Gasteiger partial charge in [-0.15, -0.1) is 0 Å². The van der Waals surface area contributed by atoms with Crippen LogP contribution in [0.15, 0.2) is 16.6 Å². The van der Waals surface area contributed by atoms with E-state index >= 15 is 0 Å². The van der Waals surface area contributed by atoms with Crippen molar-refractivity contribution in [3.05, 3.63) is 22.2 Å². The summed E-state index contributed by atoms with van der Waals surface area (Å²) >= 11 is 3.38. The maximum Gasteiger partial charge on any atom is 0.172 e. The summed E-state index contributed by atoms with van der Waals surface area (Å²) < 4.78 is 5.89. The van der Waals surface area contributed by atoms with Gasteiger partial charge in [0.15, 0.2) is 11.5 Å². The minimum atomic E-state index is 0.163. The van der Waals surface area contributed by atoms with Crippen LogP contribution in [0.5, 0.6) is 11.5 Å². The lowest BCUT2D eigenvalue weighted by atomic mass is 10.0. The molecule has 0 radical (unpaired) electrons. The SMILES string of the molecule is COc1cc(CN(C)C2CCCN(C)C2)cc(Br)c1O. The Morgan fingerprint density at radius 2 is 2.25 bits per heavy atom. The average molecular weight is 343 g/mol. The van der Waals surface area contributed by atoms with E-state index in [9.17, 15) is 5.11 Å². The molecule has 1 N–H and O–H groups in total. The molecule has 1 saturated heterocycles. The number of rotatable bonds is 4. The van der Waals surface area contributed by atoms with E-state index in [4.69, 9.17) is 4.74 Å². The van der Waals surface area contributed by atoms with Gasteiger partial charge in [-0.25, -0.2) is 0 Å². The normalized spacial score (nSPS) is 20.4. The zero-order valence-electron chi connectivity index (χ0n) is 12.4. The Kier molecular flexibility index (Phi) is 5.29. The van der Waals surface area contributed by atoms with Crippen LogP contribution in [0.1, 0.15) is 18.4 Å². The van der Waals surface area contributed by atoms with Crippen molar-refractivity contribution in [1.29, 1.82) is 0 Å². The second-order valence-corrected chi connectivity index (χ2v) is 6.46. The molecule has 0 aliphatic carbocycles. The summed E-state index contributed by atoms with van der Waals surface area (Å²) in [5.74, 6) is 0.680. The summed E-state index contributed by atoms with van der Waals surface area (Å²) in [6.07, 6.45) is 2.51. The van der Waals surface area contributed by atoms with Crippen LogP contribution >= 0.6 is 15.9 Å². The first-order chi connectivity index (χ1) is 9.51. The van der Waals surface area contributed by atoms with Gasteiger partial charge in [-0.3, -0.25) is 4.90 Å². The number of likely N-dealkylation sites (tertiary alicyclic amines) is 1. The van der Waals surface area contributed by atoms with Crippen LogP contribution in [0.25, 0.3) is 0 Å². The van der Waals surface area contributed by atoms with Crippen molar-refractivity contribution >= 4 is 15.9 Å². The smallest absolute Gasteiger partial charge is 0.172 e. The predicted octanol–water partition coefficient (Wildman–Crippen LogP) is 2.69. The molecule has 1 aliphatic heterocycles. The van der Waals surface area contributed by atoms with Crippen LogP contribution in [0.2, 0.25) is 0 Å². The van der Waals surface area contributed by atoms with Crippen LogP contribution in [0, 0.1) is 0 Å². The number of nitrogens with zero attached hydrogens (tertiary/aromatic N) is 2. The van der Waals surface area contributed by atoms with Crippen molar-refractivity contribution in [3.8, 4) is 11.5 Å². The van der Waals surface area contributed by atoms with Gasteiger partial charge in [0.2, 0.25) is 0 Å². The van der Waals surface area contributed by atoms with Gasteiger partial charge < -0.3 is 14.7 Å². The summed E-state index contributed by atoms with van der Waals surface area (Å²) in [7, 11) is 5.92. The maximum absolute atomic E-state index is 9.85. The van der Waals surface area contributed by atoms with E-state index in [2.05, 4.69) is 39.8 Å². The number of hydrogen-bond acceptors (Lipinski definition) is 4. The fourth-order valence-electron chi connectivity index (χ4n) is 2.79. The highest BCUT2D eigenvalue weighted by Crippen LogP contribution is 2.35. The highest BCUT2D eigenvalue weighted by Gasteiger charge is 2.21. The highest BCUT2D eigenvalue weighted by atomic mass is 79.9. The van der Waals surface area contributed by atoms with Gasteiger partial charge in [-0.1, -0.05) is 0 Å². The van der Waals surface area contributed by atoms with Crippen molar-refractivity contribution in [3.63, 3.8) is 0 Å². The predicted molar refractivity (Wildman–Crippen MR) is 84.3 cm³/mol. The monoisotopic (exact) mass is 342 g/mol. The Bertz CT molecular complexity index is 467. The first-order valence-corrected chi connectivity index (χ1v) is 7.74. The molecule has 2 rings (SSSR count). The molecule has 0 saturated carbocycles. The second kappa shape index (κ2) is 6.78. The van der Waals surface area contributed by atoms with Crippen molar-refractivity contribution < 1.29 is 9.84 Å². The molecule has 1 fully saturated rings. The molecule has 4 nitrogen and oxygen atoms in total. The first-order valence-electron chi connectivity index (χ1n) is 6.95. The van der Waals surface area contributed by atoms with Gasteiger partial charge in [0.05, 0.1) is 11.6 Å². The Balaban J connectivity index is 2.07. The van der Waals surface area contributed by atoms with Gasteiger partial charge in [-0.2, -0.15) is 0 Å². The molecule has 1 aliphatic rings. The number of halogens is 1. The lowest BCUT2D eigenvalue weighted by molar-refractivity contribution is 0.129. The Morgan fingerprint density at radius 1 is 1.50 bits per heavy atom. The number of methoxy groups -OCH3 is 1. The number of piperidine rings is 1. The molecular formula is C15H23BrN2O2. The lowest BCUT2D eigenvalue weighted by Gasteiger charge is -2.36. The number of likely N-dealkylation sites (N-methyl/N-ethyl adjacent to an activating group) is 2. The van der Waals surface area contributed by atoms with Crippen molar-refractivity contribution in [1.82, 2.24) is 9.80 Å². The summed E-state index contributed by atoms with van der Waals surface area (Å²) in [5.41, 5.74) is 1.14. The zero-order chi connectivity index (χ0) is 14.7. The van der Waals surface area contributed by atoms with E-state index in [1.807, 2.05) is 12.1 Å². The van der Waals surface area contributed by atoms with Crippen LogP contribution < -0.4 is 4.74 Å². The Morgan fingerprint density at radius 3 is 2.90 bits per heavy atom. The number of aromatic hydroxyl groups is 1. The van der Waals surface area contributed by atoms with Gasteiger partial charge >= 0.3 is 0 Å². The fraction of sp³-hybridized carbons (Fsp3) is 0.600. The number of phenols is 1.